The zero-order valence-corrected chi connectivity index (χ0v) is 9.77. The first-order valence-corrected chi connectivity index (χ1v) is 5.40. The van der Waals surface area contributed by atoms with Gasteiger partial charge in [-0.2, -0.15) is 0 Å². The molecular weight excluding hydrogens is 222 g/mol. The van der Waals surface area contributed by atoms with Crippen LogP contribution in [0.5, 0.6) is 0 Å². The van der Waals surface area contributed by atoms with E-state index in [2.05, 4.69) is 10.3 Å². The molecular formula is C13H14F2N2. The summed E-state index contributed by atoms with van der Waals surface area (Å²) in [6.45, 7) is 2.64. The van der Waals surface area contributed by atoms with Crippen molar-refractivity contribution in [3.05, 3.63) is 47.2 Å². The molecule has 0 aliphatic rings. The van der Waals surface area contributed by atoms with Crippen LogP contribution in [-0.2, 0) is 6.54 Å². The summed E-state index contributed by atoms with van der Waals surface area (Å²) in [6.07, 6.45) is 0. The van der Waals surface area contributed by atoms with Crippen molar-refractivity contribution in [2.75, 3.05) is 7.05 Å². The summed E-state index contributed by atoms with van der Waals surface area (Å²) in [6, 6.07) is 5.47. The Morgan fingerprint density at radius 2 is 2.00 bits per heavy atom. The van der Waals surface area contributed by atoms with Crippen molar-refractivity contribution >= 4 is 0 Å². The predicted octanol–water partition coefficient (Wildman–Crippen LogP) is 2.99. The molecule has 2 rings (SSSR count). The first kappa shape index (κ1) is 11.8. The van der Waals surface area contributed by atoms with E-state index in [9.17, 15) is 8.78 Å². The van der Waals surface area contributed by atoms with Crippen LogP contribution in [0.2, 0.25) is 0 Å². The molecule has 1 aromatic carbocycles. The molecule has 4 heteroatoms. The summed E-state index contributed by atoms with van der Waals surface area (Å²) in [5, 5.41) is 3.04. The van der Waals surface area contributed by atoms with Crippen molar-refractivity contribution in [2.24, 2.45) is 0 Å². The number of aryl methyl sites for hydroxylation is 1. The molecule has 90 valence electrons. The second-order valence-electron chi connectivity index (χ2n) is 3.99. The molecule has 17 heavy (non-hydrogen) atoms. The molecule has 0 saturated carbocycles. The maximum atomic E-state index is 13.6. The summed E-state index contributed by atoms with van der Waals surface area (Å²) in [4.78, 5) is 3.10. The highest BCUT2D eigenvalue weighted by Crippen LogP contribution is 2.24. The first-order chi connectivity index (χ1) is 8.11. The Bertz CT molecular complexity index is 532. The third-order valence-electron chi connectivity index (χ3n) is 2.71. The molecule has 1 heterocycles. The molecule has 0 amide bonds. The lowest BCUT2D eigenvalue weighted by molar-refractivity contribution is 0.585. The average Bonchev–Trinajstić information content (AvgIpc) is 2.60. The smallest absolute Gasteiger partial charge is 0.135 e. The molecule has 0 aliphatic heterocycles. The zero-order valence-electron chi connectivity index (χ0n) is 9.77. The van der Waals surface area contributed by atoms with Crippen molar-refractivity contribution in [3.63, 3.8) is 0 Å². The molecule has 0 saturated heterocycles. The molecule has 0 unspecified atom stereocenters. The lowest BCUT2D eigenvalue weighted by Crippen LogP contribution is -2.04. The highest BCUT2D eigenvalue weighted by molar-refractivity contribution is 5.62. The van der Waals surface area contributed by atoms with Gasteiger partial charge in [-0.15, -0.1) is 0 Å². The molecule has 0 fully saturated rings. The minimum absolute atomic E-state index is 0.386. The van der Waals surface area contributed by atoms with Crippen molar-refractivity contribution < 1.29 is 8.78 Å². The predicted molar refractivity (Wildman–Crippen MR) is 63.6 cm³/mol. The summed E-state index contributed by atoms with van der Waals surface area (Å²) in [5.74, 6) is -1.12. The van der Waals surface area contributed by atoms with Gasteiger partial charge in [0.1, 0.15) is 11.6 Å². The summed E-state index contributed by atoms with van der Waals surface area (Å²) >= 11 is 0. The molecule has 2 aromatic rings. The Balaban J connectivity index is 2.42. The number of H-pyrrole nitrogens is 1. The number of rotatable bonds is 3. The Kier molecular flexibility index (Phi) is 3.24. The van der Waals surface area contributed by atoms with E-state index in [1.54, 1.807) is 0 Å². The average molecular weight is 236 g/mol. The summed E-state index contributed by atoms with van der Waals surface area (Å²) < 4.78 is 26.4. The van der Waals surface area contributed by atoms with Gasteiger partial charge in [-0.1, -0.05) is 0 Å². The Morgan fingerprint density at radius 3 is 2.65 bits per heavy atom. The molecule has 0 aliphatic carbocycles. The molecule has 0 bridgehead atoms. The van der Waals surface area contributed by atoms with Crippen molar-refractivity contribution in [1.29, 1.82) is 0 Å². The van der Waals surface area contributed by atoms with E-state index in [4.69, 9.17) is 0 Å². The fourth-order valence-corrected chi connectivity index (χ4v) is 1.83. The van der Waals surface area contributed by atoms with Gasteiger partial charge in [0.2, 0.25) is 0 Å². The van der Waals surface area contributed by atoms with Crippen LogP contribution in [0.15, 0.2) is 24.3 Å². The van der Waals surface area contributed by atoms with Gasteiger partial charge in [-0.05, 0) is 37.7 Å². The number of hydrogen-bond acceptors (Lipinski definition) is 1. The fourth-order valence-electron chi connectivity index (χ4n) is 1.83. The van der Waals surface area contributed by atoms with Crippen LogP contribution >= 0.6 is 0 Å². The molecule has 0 atom stereocenters. The van der Waals surface area contributed by atoms with Gasteiger partial charge in [0.05, 0.1) is 0 Å². The van der Waals surface area contributed by atoms with Gasteiger partial charge in [0.15, 0.2) is 0 Å². The fraction of sp³-hybridized carbons (Fsp3) is 0.231. The second-order valence-corrected chi connectivity index (χ2v) is 3.99. The van der Waals surface area contributed by atoms with Gasteiger partial charge >= 0.3 is 0 Å². The van der Waals surface area contributed by atoms with Crippen molar-refractivity contribution in [3.8, 4) is 11.3 Å². The number of nitrogens with one attached hydrogen (secondary N) is 2. The SMILES string of the molecule is CNCc1cc(-c2ccc(F)cc2F)[nH]c1C. The number of hydrogen-bond donors (Lipinski definition) is 2. The van der Waals surface area contributed by atoms with Crippen molar-refractivity contribution in [1.82, 2.24) is 10.3 Å². The Hall–Kier alpha value is -1.68. The number of aromatic amines is 1. The van der Waals surface area contributed by atoms with Gasteiger partial charge in [0.25, 0.3) is 0 Å². The van der Waals surface area contributed by atoms with Gasteiger partial charge in [-0.25, -0.2) is 8.78 Å². The summed E-state index contributed by atoms with van der Waals surface area (Å²) in [5.41, 5.74) is 3.12. The maximum absolute atomic E-state index is 13.6. The van der Waals surface area contributed by atoms with Crippen LogP contribution in [0, 0.1) is 18.6 Å². The topological polar surface area (TPSA) is 27.8 Å². The minimum atomic E-state index is -0.565. The Labute approximate surface area is 98.7 Å². The van der Waals surface area contributed by atoms with Gasteiger partial charge in [0, 0.05) is 29.6 Å². The third-order valence-corrected chi connectivity index (χ3v) is 2.71. The monoisotopic (exact) mass is 236 g/mol. The highest BCUT2D eigenvalue weighted by atomic mass is 19.1. The largest absolute Gasteiger partial charge is 0.358 e. The van der Waals surface area contributed by atoms with Crippen LogP contribution in [-0.4, -0.2) is 12.0 Å². The molecule has 0 spiro atoms. The molecule has 2 nitrogen and oxygen atoms in total. The van der Waals surface area contributed by atoms with Crippen LogP contribution in [0.4, 0.5) is 8.78 Å². The number of benzene rings is 1. The maximum Gasteiger partial charge on any atom is 0.135 e. The second kappa shape index (κ2) is 4.67. The lowest BCUT2D eigenvalue weighted by atomic mass is 10.1. The first-order valence-electron chi connectivity index (χ1n) is 5.40. The molecule has 2 N–H and O–H groups in total. The van der Waals surface area contributed by atoms with Crippen LogP contribution in [0.25, 0.3) is 11.3 Å². The Morgan fingerprint density at radius 1 is 1.24 bits per heavy atom. The summed E-state index contributed by atoms with van der Waals surface area (Å²) in [7, 11) is 1.85. The van der Waals surface area contributed by atoms with Crippen LogP contribution in [0.3, 0.4) is 0 Å². The van der Waals surface area contributed by atoms with E-state index in [0.29, 0.717) is 17.8 Å². The number of halogens is 2. The van der Waals surface area contributed by atoms with E-state index in [1.807, 2.05) is 20.0 Å². The van der Waals surface area contributed by atoms with E-state index in [0.717, 1.165) is 17.3 Å². The van der Waals surface area contributed by atoms with E-state index in [1.165, 1.54) is 12.1 Å². The van der Waals surface area contributed by atoms with Crippen molar-refractivity contribution in [2.45, 2.75) is 13.5 Å². The van der Waals surface area contributed by atoms with Gasteiger partial charge < -0.3 is 10.3 Å². The highest BCUT2D eigenvalue weighted by Gasteiger charge is 2.10. The normalized spacial score (nSPS) is 10.8. The van der Waals surface area contributed by atoms with E-state index >= 15 is 0 Å². The standard InChI is InChI=1S/C13H14F2N2/c1-8-9(7-16-2)5-13(17-8)11-4-3-10(14)6-12(11)15/h3-6,16-17H,7H2,1-2H3. The number of aromatic nitrogens is 1. The quantitative estimate of drug-likeness (QED) is 0.842. The van der Waals surface area contributed by atoms with Crippen LogP contribution in [0.1, 0.15) is 11.3 Å². The van der Waals surface area contributed by atoms with E-state index < -0.39 is 11.6 Å². The molecule has 0 radical (unpaired) electrons. The van der Waals surface area contributed by atoms with Crippen LogP contribution < -0.4 is 5.32 Å². The van der Waals surface area contributed by atoms with E-state index in [-0.39, 0.29) is 0 Å². The minimum Gasteiger partial charge on any atom is -0.358 e. The third kappa shape index (κ3) is 2.36. The zero-order chi connectivity index (χ0) is 12.4. The lowest BCUT2D eigenvalue weighted by Gasteiger charge is -2.00. The molecule has 1 aromatic heterocycles. The van der Waals surface area contributed by atoms with Gasteiger partial charge in [-0.3, -0.25) is 0 Å².